The van der Waals surface area contributed by atoms with Crippen LogP contribution in [0.5, 0.6) is 0 Å². The molecule has 3 rings (SSSR count). The molecule has 1 unspecified atom stereocenters. The summed E-state index contributed by atoms with van der Waals surface area (Å²) >= 11 is 0. The van der Waals surface area contributed by atoms with Crippen LogP contribution in [-0.2, 0) is 0 Å². The van der Waals surface area contributed by atoms with Crippen molar-refractivity contribution in [2.24, 2.45) is 11.1 Å². The molecule has 1 nitrogen and oxygen atoms in total. The van der Waals surface area contributed by atoms with E-state index in [1.54, 1.807) is 0 Å². The first-order chi connectivity index (χ1) is 8.69. The maximum atomic E-state index is 6.53. The number of nitrogens with two attached hydrogens (primary N) is 1. The van der Waals surface area contributed by atoms with Crippen molar-refractivity contribution in [1.29, 1.82) is 0 Å². The highest BCUT2D eigenvalue weighted by atomic mass is 14.7. The molecule has 0 aromatic heterocycles. The van der Waals surface area contributed by atoms with E-state index in [-0.39, 0.29) is 6.04 Å². The van der Waals surface area contributed by atoms with E-state index in [0.717, 1.165) is 0 Å². The summed E-state index contributed by atoms with van der Waals surface area (Å²) in [5.74, 6) is 0. The molecule has 1 heteroatoms. The monoisotopic (exact) mass is 239 g/mol. The van der Waals surface area contributed by atoms with Crippen molar-refractivity contribution >= 4 is 10.8 Å². The lowest BCUT2D eigenvalue weighted by Gasteiger charge is -2.31. The van der Waals surface area contributed by atoms with Gasteiger partial charge in [0.1, 0.15) is 0 Å². The average molecular weight is 239 g/mol. The largest absolute Gasteiger partial charge is 0.323 e. The number of hydrogen-bond acceptors (Lipinski definition) is 1. The lowest BCUT2D eigenvalue weighted by atomic mass is 9.77. The molecule has 1 aliphatic rings. The molecule has 1 atom stereocenters. The zero-order valence-electron chi connectivity index (χ0n) is 11.0. The molecule has 0 heterocycles. The van der Waals surface area contributed by atoms with Crippen LogP contribution >= 0.6 is 0 Å². The fraction of sp³-hybridized carbons (Fsp3) is 0.412. The molecule has 2 N–H and O–H groups in total. The fourth-order valence-electron chi connectivity index (χ4n) is 3.30. The van der Waals surface area contributed by atoms with E-state index < -0.39 is 0 Å². The summed E-state index contributed by atoms with van der Waals surface area (Å²) in [6.07, 6.45) is 5.19. The predicted molar refractivity (Wildman–Crippen MR) is 77.5 cm³/mol. The third kappa shape index (κ3) is 1.93. The molecule has 18 heavy (non-hydrogen) atoms. The smallest absolute Gasteiger partial charge is 0.0349 e. The van der Waals surface area contributed by atoms with Crippen LogP contribution in [0.3, 0.4) is 0 Å². The van der Waals surface area contributed by atoms with E-state index in [1.807, 2.05) is 0 Å². The second kappa shape index (κ2) is 4.40. The van der Waals surface area contributed by atoms with Gasteiger partial charge in [-0.2, -0.15) is 0 Å². The van der Waals surface area contributed by atoms with Crippen LogP contribution in [0.25, 0.3) is 10.8 Å². The van der Waals surface area contributed by atoms with Gasteiger partial charge in [0.2, 0.25) is 0 Å². The van der Waals surface area contributed by atoms with Gasteiger partial charge in [0, 0.05) is 6.04 Å². The van der Waals surface area contributed by atoms with Crippen molar-refractivity contribution in [3.63, 3.8) is 0 Å². The maximum absolute atomic E-state index is 6.53. The van der Waals surface area contributed by atoms with Crippen LogP contribution < -0.4 is 5.73 Å². The van der Waals surface area contributed by atoms with Gasteiger partial charge in [-0.25, -0.2) is 0 Å². The Bertz CT molecular complexity index is 552. The number of fused-ring (bicyclic) bond motifs is 1. The first-order valence-electron chi connectivity index (χ1n) is 6.93. The minimum Gasteiger partial charge on any atom is -0.323 e. The van der Waals surface area contributed by atoms with Crippen molar-refractivity contribution < 1.29 is 0 Å². The molecule has 1 saturated carbocycles. The SMILES string of the molecule is CC1(C(N)c2ccc3ccccc3c2)CCCC1. The highest BCUT2D eigenvalue weighted by molar-refractivity contribution is 5.83. The average Bonchev–Trinajstić information content (AvgIpc) is 2.85. The summed E-state index contributed by atoms with van der Waals surface area (Å²) in [5, 5.41) is 2.59. The highest BCUT2D eigenvalue weighted by Crippen LogP contribution is 2.46. The van der Waals surface area contributed by atoms with Crippen molar-refractivity contribution in [1.82, 2.24) is 0 Å². The Kier molecular flexibility index (Phi) is 2.87. The molecule has 0 amide bonds. The molecule has 0 bridgehead atoms. The van der Waals surface area contributed by atoms with Crippen LogP contribution in [0.1, 0.15) is 44.2 Å². The molecule has 1 aliphatic carbocycles. The number of benzene rings is 2. The summed E-state index contributed by atoms with van der Waals surface area (Å²) in [6, 6.07) is 15.3. The lowest BCUT2D eigenvalue weighted by molar-refractivity contribution is 0.265. The molecule has 0 saturated heterocycles. The molecular formula is C17H21N. The third-order valence-corrected chi connectivity index (χ3v) is 4.63. The zero-order valence-corrected chi connectivity index (χ0v) is 11.0. The lowest BCUT2D eigenvalue weighted by Crippen LogP contribution is -2.29. The first-order valence-corrected chi connectivity index (χ1v) is 6.93. The highest BCUT2D eigenvalue weighted by Gasteiger charge is 2.35. The second-order valence-electron chi connectivity index (χ2n) is 5.95. The van der Waals surface area contributed by atoms with Gasteiger partial charge in [-0.05, 0) is 40.7 Å². The Morgan fingerprint density at radius 2 is 1.67 bits per heavy atom. The quantitative estimate of drug-likeness (QED) is 0.824. The van der Waals surface area contributed by atoms with Crippen molar-refractivity contribution in [2.45, 2.75) is 38.6 Å². The van der Waals surface area contributed by atoms with Crippen LogP contribution in [0.4, 0.5) is 0 Å². The number of hydrogen-bond donors (Lipinski definition) is 1. The maximum Gasteiger partial charge on any atom is 0.0349 e. The van der Waals surface area contributed by atoms with Gasteiger partial charge in [-0.3, -0.25) is 0 Å². The van der Waals surface area contributed by atoms with Crippen molar-refractivity contribution in [3.8, 4) is 0 Å². The van der Waals surface area contributed by atoms with Gasteiger partial charge in [-0.15, -0.1) is 0 Å². The zero-order chi connectivity index (χ0) is 12.6. The third-order valence-electron chi connectivity index (χ3n) is 4.63. The van der Waals surface area contributed by atoms with Crippen LogP contribution in [0.2, 0.25) is 0 Å². The fourth-order valence-corrected chi connectivity index (χ4v) is 3.30. The summed E-state index contributed by atoms with van der Waals surface area (Å²) < 4.78 is 0. The summed E-state index contributed by atoms with van der Waals surface area (Å²) in [5.41, 5.74) is 8.11. The Labute approximate surface area is 109 Å². The topological polar surface area (TPSA) is 26.0 Å². The van der Waals surface area contributed by atoms with E-state index in [1.165, 1.54) is 42.0 Å². The van der Waals surface area contributed by atoms with Crippen LogP contribution in [-0.4, -0.2) is 0 Å². The van der Waals surface area contributed by atoms with Gasteiger partial charge in [0.25, 0.3) is 0 Å². The molecule has 0 radical (unpaired) electrons. The van der Waals surface area contributed by atoms with Crippen molar-refractivity contribution in [3.05, 3.63) is 48.0 Å². The molecule has 2 aromatic rings. The van der Waals surface area contributed by atoms with Gasteiger partial charge in [0.15, 0.2) is 0 Å². The van der Waals surface area contributed by atoms with E-state index in [0.29, 0.717) is 5.41 Å². The van der Waals surface area contributed by atoms with Gasteiger partial charge in [0.05, 0.1) is 0 Å². The standard InChI is InChI=1S/C17H21N/c1-17(10-4-5-11-17)16(18)15-9-8-13-6-2-3-7-14(13)12-15/h2-3,6-9,12,16H,4-5,10-11,18H2,1H3. The number of rotatable bonds is 2. The molecular weight excluding hydrogens is 218 g/mol. The normalized spacial score (nSPS) is 20.1. The van der Waals surface area contributed by atoms with Gasteiger partial charge >= 0.3 is 0 Å². The van der Waals surface area contributed by atoms with E-state index in [2.05, 4.69) is 49.4 Å². The van der Waals surface area contributed by atoms with E-state index >= 15 is 0 Å². The van der Waals surface area contributed by atoms with E-state index in [9.17, 15) is 0 Å². The summed E-state index contributed by atoms with van der Waals surface area (Å²) in [6.45, 7) is 2.35. The Morgan fingerprint density at radius 1 is 1.00 bits per heavy atom. The van der Waals surface area contributed by atoms with Gasteiger partial charge in [-0.1, -0.05) is 56.2 Å². The minimum atomic E-state index is 0.171. The van der Waals surface area contributed by atoms with Gasteiger partial charge < -0.3 is 5.73 Å². The summed E-state index contributed by atoms with van der Waals surface area (Å²) in [7, 11) is 0. The second-order valence-corrected chi connectivity index (χ2v) is 5.95. The molecule has 94 valence electrons. The summed E-state index contributed by atoms with van der Waals surface area (Å²) in [4.78, 5) is 0. The Balaban J connectivity index is 1.98. The van der Waals surface area contributed by atoms with Crippen LogP contribution in [0, 0.1) is 5.41 Å². The van der Waals surface area contributed by atoms with E-state index in [4.69, 9.17) is 5.73 Å². The van der Waals surface area contributed by atoms with Crippen LogP contribution in [0.15, 0.2) is 42.5 Å². The Hall–Kier alpha value is -1.34. The predicted octanol–water partition coefficient (Wildman–Crippen LogP) is 4.42. The Morgan fingerprint density at radius 3 is 2.39 bits per heavy atom. The molecule has 0 spiro atoms. The molecule has 0 aliphatic heterocycles. The molecule has 1 fully saturated rings. The first kappa shape index (κ1) is 11.7. The minimum absolute atomic E-state index is 0.171. The van der Waals surface area contributed by atoms with Crippen molar-refractivity contribution in [2.75, 3.05) is 0 Å². The molecule has 2 aromatic carbocycles.